The zero-order valence-corrected chi connectivity index (χ0v) is 11.8. The van der Waals surface area contributed by atoms with Gasteiger partial charge < -0.3 is 11.5 Å². The molecule has 0 saturated carbocycles. The van der Waals surface area contributed by atoms with Gasteiger partial charge in [0.25, 0.3) is 0 Å². The lowest BCUT2D eigenvalue weighted by Gasteiger charge is -2.37. The number of hydrogen-bond acceptors (Lipinski definition) is 2. The second kappa shape index (κ2) is 6.06. The van der Waals surface area contributed by atoms with Gasteiger partial charge in [0.1, 0.15) is 0 Å². The Morgan fingerprint density at radius 3 is 2.58 bits per heavy atom. The Bertz CT molecular complexity index is 449. The quantitative estimate of drug-likeness (QED) is 0.634. The molecule has 4 heteroatoms. The molecule has 0 aromatic heterocycles. The molecule has 0 bridgehead atoms. The summed E-state index contributed by atoms with van der Waals surface area (Å²) < 4.78 is 0. The predicted octanol–water partition coefficient (Wildman–Crippen LogP) is 1.34. The molecule has 1 heterocycles. The van der Waals surface area contributed by atoms with Crippen LogP contribution in [0.3, 0.4) is 0 Å². The highest BCUT2D eigenvalue weighted by Gasteiger charge is 2.25. The number of nitrogens with two attached hydrogens (primary N) is 2. The van der Waals surface area contributed by atoms with E-state index >= 15 is 0 Å². The van der Waals surface area contributed by atoms with Crippen LogP contribution in [-0.4, -0.2) is 30.0 Å². The molecule has 19 heavy (non-hydrogen) atoms. The lowest BCUT2D eigenvalue weighted by Crippen LogP contribution is -2.44. The van der Waals surface area contributed by atoms with Crippen molar-refractivity contribution in [1.29, 1.82) is 0 Å². The van der Waals surface area contributed by atoms with E-state index in [1.807, 2.05) is 0 Å². The van der Waals surface area contributed by atoms with Crippen molar-refractivity contribution in [3.8, 4) is 0 Å². The van der Waals surface area contributed by atoms with E-state index < -0.39 is 0 Å². The molecule has 2 rings (SSSR count). The fourth-order valence-electron chi connectivity index (χ4n) is 2.75. The molecule has 1 aliphatic heterocycles. The maximum atomic E-state index is 5.46. The van der Waals surface area contributed by atoms with Crippen LogP contribution in [0.1, 0.15) is 25.0 Å². The summed E-state index contributed by atoms with van der Waals surface area (Å²) >= 11 is 0. The molecule has 4 nitrogen and oxygen atoms in total. The van der Waals surface area contributed by atoms with Crippen LogP contribution in [0.2, 0.25) is 0 Å². The molecule has 0 fully saturated rings. The number of aliphatic imine (C=N–C) groups is 1. The van der Waals surface area contributed by atoms with Gasteiger partial charge in [0, 0.05) is 19.1 Å². The highest BCUT2D eigenvalue weighted by Crippen LogP contribution is 2.23. The molecule has 1 atom stereocenters. The minimum absolute atomic E-state index is 0.183. The Kier molecular flexibility index (Phi) is 4.43. The van der Waals surface area contributed by atoms with Crippen molar-refractivity contribution in [2.24, 2.45) is 22.4 Å². The molecule has 0 aliphatic carbocycles. The zero-order chi connectivity index (χ0) is 13.8. The largest absolute Gasteiger partial charge is 0.370 e. The molecule has 0 saturated heterocycles. The molecule has 0 radical (unpaired) electrons. The van der Waals surface area contributed by atoms with Crippen LogP contribution in [0, 0.1) is 5.92 Å². The molecule has 4 N–H and O–H groups in total. The van der Waals surface area contributed by atoms with Crippen molar-refractivity contribution < 1.29 is 0 Å². The molecule has 1 unspecified atom stereocenters. The first-order chi connectivity index (χ1) is 9.08. The van der Waals surface area contributed by atoms with Crippen molar-refractivity contribution in [2.75, 3.05) is 13.1 Å². The van der Waals surface area contributed by atoms with E-state index in [2.05, 4.69) is 48.0 Å². The fraction of sp³-hybridized carbons (Fsp3) is 0.533. The summed E-state index contributed by atoms with van der Waals surface area (Å²) in [4.78, 5) is 6.71. The number of nitrogens with zero attached hydrogens (tertiary/aromatic N) is 2. The third-order valence-electron chi connectivity index (χ3n) is 3.86. The highest BCUT2D eigenvalue weighted by molar-refractivity contribution is 5.75. The fourth-order valence-corrected chi connectivity index (χ4v) is 2.75. The number of rotatable bonds is 4. The van der Waals surface area contributed by atoms with Crippen LogP contribution in [0.25, 0.3) is 0 Å². The molecular weight excluding hydrogens is 236 g/mol. The van der Waals surface area contributed by atoms with E-state index in [1.165, 1.54) is 11.1 Å². The van der Waals surface area contributed by atoms with Gasteiger partial charge in [-0.25, -0.2) is 0 Å². The summed E-state index contributed by atoms with van der Waals surface area (Å²) in [6.45, 7) is 7.22. The Morgan fingerprint density at radius 2 is 1.95 bits per heavy atom. The van der Waals surface area contributed by atoms with Crippen LogP contribution < -0.4 is 11.5 Å². The minimum Gasteiger partial charge on any atom is -0.370 e. The molecule has 0 amide bonds. The second-order valence-corrected chi connectivity index (χ2v) is 5.57. The topological polar surface area (TPSA) is 67.6 Å². The SMILES string of the molecule is CC(C)C(CN=C(N)N)N1CCc2ccccc2C1. The average Bonchev–Trinajstić information content (AvgIpc) is 2.38. The Morgan fingerprint density at radius 1 is 1.26 bits per heavy atom. The van der Waals surface area contributed by atoms with E-state index in [0.29, 0.717) is 18.5 Å². The third kappa shape index (κ3) is 3.47. The van der Waals surface area contributed by atoms with Gasteiger partial charge in [-0.1, -0.05) is 38.1 Å². The van der Waals surface area contributed by atoms with Gasteiger partial charge in [-0.2, -0.15) is 0 Å². The van der Waals surface area contributed by atoms with Crippen molar-refractivity contribution in [2.45, 2.75) is 32.9 Å². The summed E-state index contributed by atoms with van der Waals surface area (Å²) in [5, 5.41) is 0. The molecule has 1 aromatic rings. The van der Waals surface area contributed by atoms with Crippen molar-refractivity contribution in [3.05, 3.63) is 35.4 Å². The van der Waals surface area contributed by atoms with Crippen LogP contribution in [0.15, 0.2) is 29.3 Å². The van der Waals surface area contributed by atoms with Gasteiger partial charge in [-0.05, 0) is 23.5 Å². The summed E-state index contributed by atoms with van der Waals surface area (Å²) in [7, 11) is 0. The lowest BCUT2D eigenvalue weighted by atomic mass is 9.95. The average molecular weight is 260 g/mol. The van der Waals surface area contributed by atoms with Crippen LogP contribution in [0.4, 0.5) is 0 Å². The summed E-state index contributed by atoms with van der Waals surface area (Å²) in [6.07, 6.45) is 1.11. The maximum absolute atomic E-state index is 5.46. The third-order valence-corrected chi connectivity index (χ3v) is 3.86. The van der Waals surface area contributed by atoms with Crippen LogP contribution in [0.5, 0.6) is 0 Å². The van der Waals surface area contributed by atoms with Gasteiger partial charge in [-0.15, -0.1) is 0 Å². The molecule has 104 valence electrons. The molecule has 1 aromatic carbocycles. The lowest BCUT2D eigenvalue weighted by molar-refractivity contribution is 0.144. The van der Waals surface area contributed by atoms with E-state index in [1.54, 1.807) is 0 Å². The van der Waals surface area contributed by atoms with E-state index in [-0.39, 0.29) is 5.96 Å². The smallest absolute Gasteiger partial charge is 0.185 e. The number of fused-ring (bicyclic) bond motifs is 1. The Hall–Kier alpha value is -1.55. The number of guanidine groups is 1. The molecule has 0 spiro atoms. The number of hydrogen-bond donors (Lipinski definition) is 2. The van der Waals surface area contributed by atoms with Crippen LogP contribution >= 0.6 is 0 Å². The van der Waals surface area contributed by atoms with E-state index in [9.17, 15) is 0 Å². The van der Waals surface area contributed by atoms with E-state index in [0.717, 1.165) is 19.5 Å². The molecular formula is C15H24N4. The standard InChI is InChI=1S/C15H24N4/c1-11(2)14(9-18-15(16)17)19-8-7-12-5-3-4-6-13(12)10-19/h3-6,11,14H,7-10H2,1-2H3,(H4,16,17,18). The van der Waals surface area contributed by atoms with Gasteiger partial charge in [0.15, 0.2) is 5.96 Å². The van der Waals surface area contributed by atoms with Gasteiger partial charge >= 0.3 is 0 Å². The molecule has 1 aliphatic rings. The Balaban J connectivity index is 2.10. The van der Waals surface area contributed by atoms with Gasteiger partial charge in [0.05, 0.1) is 6.54 Å². The normalized spacial score (nSPS) is 17.0. The summed E-state index contributed by atoms with van der Waals surface area (Å²) in [5.74, 6) is 0.719. The monoisotopic (exact) mass is 260 g/mol. The predicted molar refractivity (Wildman–Crippen MR) is 79.9 cm³/mol. The summed E-state index contributed by atoms with van der Waals surface area (Å²) in [5.41, 5.74) is 13.8. The van der Waals surface area contributed by atoms with Crippen molar-refractivity contribution >= 4 is 5.96 Å². The van der Waals surface area contributed by atoms with E-state index in [4.69, 9.17) is 11.5 Å². The van der Waals surface area contributed by atoms with Gasteiger partial charge in [-0.3, -0.25) is 9.89 Å². The van der Waals surface area contributed by atoms with Crippen molar-refractivity contribution in [3.63, 3.8) is 0 Å². The van der Waals surface area contributed by atoms with Gasteiger partial charge in [0.2, 0.25) is 0 Å². The second-order valence-electron chi connectivity index (χ2n) is 5.57. The Labute approximate surface area is 115 Å². The summed E-state index contributed by atoms with van der Waals surface area (Å²) in [6, 6.07) is 9.08. The first kappa shape index (κ1) is 13.9. The highest BCUT2D eigenvalue weighted by atomic mass is 15.2. The number of benzene rings is 1. The maximum Gasteiger partial charge on any atom is 0.185 e. The van der Waals surface area contributed by atoms with Crippen molar-refractivity contribution in [1.82, 2.24) is 4.90 Å². The van der Waals surface area contributed by atoms with Crippen LogP contribution in [-0.2, 0) is 13.0 Å². The zero-order valence-electron chi connectivity index (χ0n) is 11.8. The minimum atomic E-state index is 0.183. The first-order valence-corrected chi connectivity index (χ1v) is 6.94. The first-order valence-electron chi connectivity index (χ1n) is 6.94.